The summed E-state index contributed by atoms with van der Waals surface area (Å²) in [5.41, 5.74) is 2.79. The topological polar surface area (TPSA) is 79.4 Å². The van der Waals surface area contributed by atoms with Gasteiger partial charge in [0.1, 0.15) is 5.82 Å². The second-order valence-corrected chi connectivity index (χ2v) is 6.21. The third-order valence-electron chi connectivity index (χ3n) is 4.22. The molecule has 2 amide bonds. The number of aromatic nitrogens is 2. The van der Waals surface area contributed by atoms with E-state index >= 15 is 0 Å². The van der Waals surface area contributed by atoms with Gasteiger partial charge in [-0.15, -0.1) is 0 Å². The number of anilines is 3. The molecular formula is C18H22FN5O2. The monoisotopic (exact) mass is 359 g/mol. The van der Waals surface area contributed by atoms with Crippen LogP contribution in [0.4, 0.5) is 26.5 Å². The number of halogens is 1. The van der Waals surface area contributed by atoms with Crippen LogP contribution in [0.3, 0.4) is 0 Å². The van der Waals surface area contributed by atoms with Crippen molar-refractivity contribution in [2.24, 2.45) is 0 Å². The van der Waals surface area contributed by atoms with Gasteiger partial charge in [0.25, 0.3) is 0 Å². The third kappa shape index (κ3) is 4.08. The van der Waals surface area contributed by atoms with Crippen molar-refractivity contribution in [2.75, 3.05) is 41.8 Å². The molecule has 0 saturated carbocycles. The summed E-state index contributed by atoms with van der Waals surface area (Å²) in [6, 6.07) is 4.08. The molecule has 8 heteroatoms. The molecule has 0 radical (unpaired) electrons. The smallest absolute Gasteiger partial charge is 0.323 e. The summed E-state index contributed by atoms with van der Waals surface area (Å²) in [6.07, 6.45) is 0. The molecule has 138 valence electrons. The fourth-order valence-corrected chi connectivity index (χ4v) is 2.73. The summed E-state index contributed by atoms with van der Waals surface area (Å²) in [5, 5.41) is 5.37. The summed E-state index contributed by atoms with van der Waals surface area (Å²) in [7, 11) is 0. The number of carbonyl (C=O) groups is 1. The van der Waals surface area contributed by atoms with Crippen LogP contribution in [0.1, 0.15) is 17.0 Å². The Balaban J connectivity index is 1.72. The first-order valence-corrected chi connectivity index (χ1v) is 8.46. The Morgan fingerprint density at radius 1 is 1.12 bits per heavy atom. The average Bonchev–Trinajstić information content (AvgIpc) is 2.62. The molecule has 1 aromatic carbocycles. The Kier molecular flexibility index (Phi) is 5.32. The molecule has 2 aromatic rings. The van der Waals surface area contributed by atoms with Crippen molar-refractivity contribution in [1.29, 1.82) is 0 Å². The maximum atomic E-state index is 13.6. The van der Waals surface area contributed by atoms with Crippen molar-refractivity contribution in [3.05, 3.63) is 41.0 Å². The SMILES string of the molecule is Cc1ccc(NC(=O)Nc2c(C)nc(N3CCOCC3)nc2C)cc1F. The third-order valence-corrected chi connectivity index (χ3v) is 4.22. The molecule has 0 spiro atoms. The predicted molar refractivity (Wildman–Crippen MR) is 98.3 cm³/mol. The lowest BCUT2D eigenvalue weighted by atomic mass is 10.2. The molecule has 1 saturated heterocycles. The normalized spacial score (nSPS) is 14.2. The lowest BCUT2D eigenvalue weighted by molar-refractivity contribution is 0.122. The van der Waals surface area contributed by atoms with Crippen molar-refractivity contribution in [2.45, 2.75) is 20.8 Å². The van der Waals surface area contributed by atoms with Crippen molar-refractivity contribution < 1.29 is 13.9 Å². The molecule has 0 atom stereocenters. The van der Waals surface area contributed by atoms with E-state index in [1.807, 2.05) is 13.8 Å². The lowest BCUT2D eigenvalue weighted by Crippen LogP contribution is -2.37. The molecule has 7 nitrogen and oxygen atoms in total. The number of hydrogen-bond donors (Lipinski definition) is 2. The minimum Gasteiger partial charge on any atom is -0.378 e. The van der Waals surface area contributed by atoms with E-state index in [0.717, 1.165) is 13.1 Å². The van der Waals surface area contributed by atoms with Gasteiger partial charge in [0.05, 0.1) is 30.3 Å². The van der Waals surface area contributed by atoms with E-state index < -0.39 is 6.03 Å². The fourth-order valence-electron chi connectivity index (χ4n) is 2.73. The zero-order valence-corrected chi connectivity index (χ0v) is 15.1. The molecule has 0 aliphatic carbocycles. The van der Waals surface area contributed by atoms with Crippen LogP contribution in [0, 0.1) is 26.6 Å². The van der Waals surface area contributed by atoms with E-state index in [1.165, 1.54) is 6.07 Å². The van der Waals surface area contributed by atoms with E-state index in [2.05, 4.69) is 25.5 Å². The molecular weight excluding hydrogens is 337 g/mol. The predicted octanol–water partition coefficient (Wildman–Crippen LogP) is 3.02. The number of nitrogens with zero attached hydrogens (tertiary/aromatic N) is 3. The number of ether oxygens (including phenoxy) is 1. The quantitative estimate of drug-likeness (QED) is 0.881. The highest BCUT2D eigenvalue weighted by molar-refractivity contribution is 6.00. The van der Waals surface area contributed by atoms with Crippen molar-refractivity contribution in [1.82, 2.24) is 9.97 Å². The number of rotatable bonds is 3. The second-order valence-electron chi connectivity index (χ2n) is 6.21. The molecule has 1 fully saturated rings. The Bertz CT molecular complexity index is 798. The number of hydrogen-bond acceptors (Lipinski definition) is 5. The van der Waals surface area contributed by atoms with Crippen molar-refractivity contribution in [3.8, 4) is 0 Å². The summed E-state index contributed by atoms with van der Waals surface area (Å²) in [4.78, 5) is 23.3. The Labute approximate surface area is 151 Å². The van der Waals surface area contributed by atoms with Crippen LogP contribution in [0.2, 0.25) is 0 Å². The molecule has 1 aliphatic heterocycles. The van der Waals surface area contributed by atoms with E-state index in [-0.39, 0.29) is 5.82 Å². The van der Waals surface area contributed by atoms with Crippen LogP contribution in [-0.4, -0.2) is 42.3 Å². The Morgan fingerprint density at radius 2 is 1.77 bits per heavy atom. The van der Waals surface area contributed by atoms with Crippen LogP contribution in [0.5, 0.6) is 0 Å². The van der Waals surface area contributed by atoms with E-state index in [9.17, 15) is 9.18 Å². The number of benzene rings is 1. The molecule has 2 N–H and O–H groups in total. The highest BCUT2D eigenvalue weighted by Crippen LogP contribution is 2.21. The first-order chi connectivity index (χ1) is 12.4. The van der Waals surface area contributed by atoms with Gasteiger partial charge in [-0.05, 0) is 38.5 Å². The Hall–Kier alpha value is -2.74. The van der Waals surface area contributed by atoms with Gasteiger partial charge >= 0.3 is 6.03 Å². The fraction of sp³-hybridized carbons (Fsp3) is 0.389. The van der Waals surface area contributed by atoms with Gasteiger partial charge < -0.3 is 20.3 Å². The number of morpholine rings is 1. The van der Waals surface area contributed by atoms with Crippen molar-refractivity contribution in [3.63, 3.8) is 0 Å². The molecule has 26 heavy (non-hydrogen) atoms. The molecule has 1 aliphatic rings. The van der Waals surface area contributed by atoms with E-state index in [1.54, 1.807) is 19.1 Å². The number of aryl methyl sites for hydroxylation is 3. The molecule has 3 rings (SSSR count). The maximum absolute atomic E-state index is 13.6. The standard InChI is InChI=1S/C18H22FN5O2/c1-11-4-5-14(10-15(11)19)22-18(25)23-16-12(2)20-17(21-13(16)3)24-6-8-26-9-7-24/h4-5,10H,6-9H2,1-3H3,(H2,22,23,25). The van der Waals surface area contributed by atoms with Crippen LogP contribution in [0.25, 0.3) is 0 Å². The summed E-state index contributed by atoms with van der Waals surface area (Å²) in [5.74, 6) is 0.267. The van der Waals surface area contributed by atoms with Crippen LogP contribution in [0.15, 0.2) is 18.2 Å². The van der Waals surface area contributed by atoms with Gasteiger partial charge in [0, 0.05) is 18.8 Å². The summed E-state index contributed by atoms with van der Waals surface area (Å²) >= 11 is 0. The highest BCUT2D eigenvalue weighted by atomic mass is 19.1. The lowest BCUT2D eigenvalue weighted by Gasteiger charge is -2.27. The number of carbonyl (C=O) groups excluding carboxylic acids is 1. The van der Waals surface area contributed by atoms with Crippen molar-refractivity contribution >= 4 is 23.4 Å². The number of amides is 2. The molecule has 0 bridgehead atoms. The van der Waals surface area contributed by atoms with Crippen LogP contribution < -0.4 is 15.5 Å². The van der Waals surface area contributed by atoms with Gasteiger partial charge in [-0.25, -0.2) is 19.2 Å². The summed E-state index contributed by atoms with van der Waals surface area (Å²) in [6.45, 7) is 8.09. The van der Waals surface area contributed by atoms with Gasteiger partial charge in [-0.3, -0.25) is 0 Å². The highest BCUT2D eigenvalue weighted by Gasteiger charge is 2.18. The largest absolute Gasteiger partial charge is 0.378 e. The minimum absolute atomic E-state index is 0.367. The zero-order valence-electron chi connectivity index (χ0n) is 15.1. The second kappa shape index (κ2) is 7.65. The van der Waals surface area contributed by atoms with Gasteiger partial charge in [0.2, 0.25) is 5.95 Å². The molecule has 1 aromatic heterocycles. The van der Waals surface area contributed by atoms with E-state index in [4.69, 9.17) is 4.74 Å². The number of urea groups is 1. The maximum Gasteiger partial charge on any atom is 0.323 e. The number of nitrogens with one attached hydrogen (secondary N) is 2. The van der Waals surface area contributed by atoms with Gasteiger partial charge in [-0.2, -0.15) is 0 Å². The van der Waals surface area contributed by atoms with Crippen LogP contribution >= 0.6 is 0 Å². The Morgan fingerprint density at radius 3 is 2.38 bits per heavy atom. The van der Waals surface area contributed by atoms with E-state index in [0.29, 0.717) is 47.5 Å². The summed E-state index contributed by atoms with van der Waals surface area (Å²) < 4.78 is 18.9. The first kappa shape index (κ1) is 18.1. The van der Waals surface area contributed by atoms with Gasteiger partial charge in [-0.1, -0.05) is 6.07 Å². The average molecular weight is 359 g/mol. The van der Waals surface area contributed by atoms with Gasteiger partial charge in [0.15, 0.2) is 0 Å². The minimum atomic E-state index is -0.470. The first-order valence-electron chi connectivity index (χ1n) is 8.46. The molecule has 2 heterocycles. The van der Waals surface area contributed by atoms with Crippen LogP contribution in [-0.2, 0) is 4.74 Å². The molecule has 0 unspecified atom stereocenters. The zero-order chi connectivity index (χ0) is 18.7.